The van der Waals surface area contributed by atoms with E-state index in [1.165, 1.54) is 0 Å². The second-order valence-corrected chi connectivity index (χ2v) is 3.32. The number of rotatable bonds is 4. The Bertz CT molecular complexity index is 123. The number of aliphatic hydroxyl groups is 1. The number of hydrogen-bond donors (Lipinski definition) is 2. The number of hydrogen-bond acceptors (Lipinski definition) is 3. The lowest BCUT2D eigenvalue weighted by atomic mass is 9.83. The van der Waals surface area contributed by atoms with Gasteiger partial charge in [-0.1, -0.05) is 13.3 Å². The Morgan fingerprint density at radius 2 is 2.27 bits per heavy atom. The van der Waals surface area contributed by atoms with Crippen molar-refractivity contribution >= 4 is 0 Å². The molecule has 0 amide bonds. The average Bonchev–Trinajstić information content (AvgIpc) is 1.96. The molecule has 0 bridgehead atoms. The van der Waals surface area contributed by atoms with Crippen LogP contribution in [0.2, 0.25) is 0 Å². The Morgan fingerprint density at radius 1 is 1.64 bits per heavy atom. The van der Waals surface area contributed by atoms with E-state index in [2.05, 4.69) is 6.92 Å². The standard InChI is InChI=1S/C8H17NO2/c1-2-3-7(4-9)8(10)5-11-6-8/h7,10H,2-6,9H2,1H3. The molecule has 1 rings (SSSR count). The Morgan fingerprint density at radius 3 is 2.55 bits per heavy atom. The van der Waals surface area contributed by atoms with Gasteiger partial charge < -0.3 is 15.6 Å². The largest absolute Gasteiger partial charge is 0.385 e. The van der Waals surface area contributed by atoms with E-state index in [4.69, 9.17) is 10.5 Å². The molecule has 1 fully saturated rings. The quantitative estimate of drug-likeness (QED) is 0.612. The second-order valence-electron chi connectivity index (χ2n) is 3.32. The first-order chi connectivity index (χ1) is 5.23. The van der Waals surface area contributed by atoms with E-state index < -0.39 is 5.60 Å². The lowest BCUT2D eigenvalue weighted by Gasteiger charge is -2.42. The van der Waals surface area contributed by atoms with Crippen LogP contribution in [0.4, 0.5) is 0 Å². The van der Waals surface area contributed by atoms with Gasteiger partial charge in [0.25, 0.3) is 0 Å². The van der Waals surface area contributed by atoms with Crippen LogP contribution < -0.4 is 5.73 Å². The third-order valence-corrected chi connectivity index (χ3v) is 2.39. The van der Waals surface area contributed by atoms with Crippen LogP contribution in [0, 0.1) is 5.92 Å². The molecule has 0 spiro atoms. The first-order valence-corrected chi connectivity index (χ1v) is 4.23. The summed E-state index contributed by atoms with van der Waals surface area (Å²) in [6, 6.07) is 0. The SMILES string of the molecule is CCCC(CN)C1(O)COC1. The zero-order valence-corrected chi connectivity index (χ0v) is 7.05. The fourth-order valence-corrected chi connectivity index (χ4v) is 1.50. The molecule has 0 aromatic carbocycles. The summed E-state index contributed by atoms with van der Waals surface area (Å²) in [5.41, 5.74) is 4.93. The zero-order chi connectivity index (χ0) is 8.32. The molecule has 3 nitrogen and oxygen atoms in total. The maximum absolute atomic E-state index is 9.80. The minimum atomic E-state index is -0.606. The molecule has 1 atom stereocenters. The highest BCUT2D eigenvalue weighted by Crippen LogP contribution is 2.28. The summed E-state index contributed by atoms with van der Waals surface area (Å²) in [6.07, 6.45) is 2.07. The van der Waals surface area contributed by atoms with E-state index in [0.29, 0.717) is 19.8 Å². The summed E-state index contributed by atoms with van der Waals surface area (Å²) in [5.74, 6) is 0.223. The Hall–Kier alpha value is -0.120. The van der Waals surface area contributed by atoms with Crippen LogP contribution in [0.3, 0.4) is 0 Å². The maximum atomic E-state index is 9.80. The summed E-state index contributed by atoms with van der Waals surface area (Å²) in [6.45, 7) is 3.60. The molecule has 1 saturated heterocycles. The molecule has 0 saturated carbocycles. The van der Waals surface area contributed by atoms with Gasteiger partial charge in [0.15, 0.2) is 0 Å². The summed E-state index contributed by atoms with van der Waals surface area (Å²) in [5, 5.41) is 9.80. The molecular formula is C8H17NO2. The highest BCUT2D eigenvalue weighted by atomic mass is 16.5. The van der Waals surface area contributed by atoms with E-state index in [0.717, 1.165) is 12.8 Å². The van der Waals surface area contributed by atoms with Gasteiger partial charge in [-0.25, -0.2) is 0 Å². The Balaban J connectivity index is 2.39. The van der Waals surface area contributed by atoms with Crippen LogP contribution in [-0.2, 0) is 4.74 Å². The van der Waals surface area contributed by atoms with Crippen molar-refractivity contribution in [1.29, 1.82) is 0 Å². The van der Waals surface area contributed by atoms with E-state index >= 15 is 0 Å². The third kappa shape index (κ3) is 1.72. The van der Waals surface area contributed by atoms with Crippen molar-refractivity contribution in [2.45, 2.75) is 25.4 Å². The smallest absolute Gasteiger partial charge is 0.115 e. The molecule has 1 aliphatic rings. The summed E-state index contributed by atoms with van der Waals surface area (Å²) < 4.78 is 4.96. The molecule has 1 aliphatic heterocycles. The van der Waals surface area contributed by atoms with Gasteiger partial charge in [0.1, 0.15) is 5.60 Å². The van der Waals surface area contributed by atoms with Gasteiger partial charge in [0.2, 0.25) is 0 Å². The van der Waals surface area contributed by atoms with Crippen molar-refractivity contribution in [3.8, 4) is 0 Å². The molecule has 3 heteroatoms. The summed E-state index contributed by atoms with van der Waals surface area (Å²) >= 11 is 0. The lowest BCUT2D eigenvalue weighted by Crippen LogP contribution is -2.57. The predicted molar refractivity (Wildman–Crippen MR) is 43.2 cm³/mol. The molecule has 0 radical (unpaired) electrons. The Kier molecular flexibility index (Phi) is 2.87. The first-order valence-electron chi connectivity index (χ1n) is 4.23. The van der Waals surface area contributed by atoms with Crippen molar-refractivity contribution in [3.05, 3.63) is 0 Å². The molecule has 66 valence electrons. The topological polar surface area (TPSA) is 55.5 Å². The molecule has 0 aromatic rings. The lowest BCUT2D eigenvalue weighted by molar-refractivity contribution is -0.206. The van der Waals surface area contributed by atoms with Gasteiger partial charge in [-0.3, -0.25) is 0 Å². The second kappa shape index (κ2) is 3.52. The summed E-state index contributed by atoms with van der Waals surface area (Å²) in [7, 11) is 0. The fourth-order valence-electron chi connectivity index (χ4n) is 1.50. The van der Waals surface area contributed by atoms with Gasteiger partial charge >= 0.3 is 0 Å². The van der Waals surface area contributed by atoms with Gasteiger partial charge in [-0.15, -0.1) is 0 Å². The third-order valence-electron chi connectivity index (χ3n) is 2.39. The Labute approximate surface area is 67.5 Å². The van der Waals surface area contributed by atoms with Gasteiger partial charge in [-0.05, 0) is 13.0 Å². The fraction of sp³-hybridized carbons (Fsp3) is 1.00. The highest BCUT2D eigenvalue weighted by molar-refractivity contribution is 4.92. The normalized spacial score (nSPS) is 24.3. The van der Waals surface area contributed by atoms with E-state index in [1.807, 2.05) is 0 Å². The minimum absolute atomic E-state index is 0.223. The maximum Gasteiger partial charge on any atom is 0.115 e. The molecule has 3 N–H and O–H groups in total. The van der Waals surface area contributed by atoms with Crippen LogP contribution in [0.15, 0.2) is 0 Å². The minimum Gasteiger partial charge on any atom is -0.385 e. The van der Waals surface area contributed by atoms with Gasteiger partial charge in [0.05, 0.1) is 13.2 Å². The first kappa shape index (κ1) is 8.97. The van der Waals surface area contributed by atoms with Crippen molar-refractivity contribution < 1.29 is 9.84 Å². The van der Waals surface area contributed by atoms with Gasteiger partial charge in [0, 0.05) is 5.92 Å². The van der Waals surface area contributed by atoms with E-state index in [9.17, 15) is 5.11 Å². The molecular weight excluding hydrogens is 142 g/mol. The predicted octanol–water partition coefficient (Wildman–Crippen LogP) is 0.123. The number of nitrogens with two attached hydrogens (primary N) is 1. The van der Waals surface area contributed by atoms with Crippen molar-refractivity contribution in [2.24, 2.45) is 11.7 Å². The molecule has 0 aromatic heterocycles. The molecule has 0 aliphatic carbocycles. The molecule has 11 heavy (non-hydrogen) atoms. The van der Waals surface area contributed by atoms with E-state index in [-0.39, 0.29) is 5.92 Å². The van der Waals surface area contributed by atoms with Crippen molar-refractivity contribution in [3.63, 3.8) is 0 Å². The number of ether oxygens (including phenoxy) is 1. The van der Waals surface area contributed by atoms with Crippen molar-refractivity contribution in [2.75, 3.05) is 19.8 Å². The van der Waals surface area contributed by atoms with Crippen LogP contribution in [0.25, 0.3) is 0 Å². The zero-order valence-electron chi connectivity index (χ0n) is 7.05. The monoisotopic (exact) mass is 159 g/mol. The average molecular weight is 159 g/mol. The van der Waals surface area contributed by atoms with Crippen LogP contribution >= 0.6 is 0 Å². The van der Waals surface area contributed by atoms with Crippen LogP contribution in [-0.4, -0.2) is 30.5 Å². The van der Waals surface area contributed by atoms with Crippen LogP contribution in [0.5, 0.6) is 0 Å². The molecule has 1 heterocycles. The van der Waals surface area contributed by atoms with Crippen molar-refractivity contribution in [1.82, 2.24) is 0 Å². The van der Waals surface area contributed by atoms with E-state index in [1.54, 1.807) is 0 Å². The molecule has 1 unspecified atom stereocenters. The van der Waals surface area contributed by atoms with Gasteiger partial charge in [-0.2, -0.15) is 0 Å². The highest BCUT2D eigenvalue weighted by Gasteiger charge is 2.42. The summed E-state index contributed by atoms with van der Waals surface area (Å²) in [4.78, 5) is 0. The van der Waals surface area contributed by atoms with Crippen LogP contribution in [0.1, 0.15) is 19.8 Å².